The molecular weight excluding hydrogens is 510 g/mol. The topological polar surface area (TPSA) is 102 Å². The van der Waals surface area contributed by atoms with Crippen molar-refractivity contribution in [1.29, 1.82) is 0 Å². The zero-order valence-electron chi connectivity index (χ0n) is 21.4. The lowest BCUT2D eigenvalue weighted by molar-refractivity contribution is -0.245. The second-order valence-electron chi connectivity index (χ2n) is 9.45. The summed E-state index contributed by atoms with van der Waals surface area (Å²) in [4.78, 5) is 12.4. The highest BCUT2D eigenvalue weighted by atomic mass is 32.2. The van der Waals surface area contributed by atoms with Crippen LogP contribution < -0.4 is 5.73 Å². The fourth-order valence-corrected chi connectivity index (χ4v) is 5.84. The van der Waals surface area contributed by atoms with Crippen molar-refractivity contribution < 1.29 is 24.5 Å². The number of carboxylic acids is 1. The van der Waals surface area contributed by atoms with Gasteiger partial charge in [0.2, 0.25) is 0 Å². The SMILES string of the molecule is NCc1ccccc1-c1ccc([C@H]2O[C@@H](CSc3ccccc3C(=O)O)C[C@@H](c3ccc(CO)cc3)O2)cc1. The van der Waals surface area contributed by atoms with E-state index < -0.39 is 12.3 Å². The van der Waals surface area contributed by atoms with Crippen LogP contribution >= 0.6 is 11.8 Å². The van der Waals surface area contributed by atoms with Gasteiger partial charge in [0.05, 0.1) is 24.4 Å². The first-order chi connectivity index (χ1) is 19.1. The summed E-state index contributed by atoms with van der Waals surface area (Å²) in [6.07, 6.45) is -0.343. The quantitative estimate of drug-likeness (QED) is 0.213. The van der Waals surface area contributed by atoms with Gasteiger partial charge in [0.25, 0.3) is 0 Å². The largest absolute Gasteiger partial charge is 0.478 e. The Morgan fingerprint density at radius 1 is 0.872 bits per heavy atom. The summed E-state index contributed by atoms with van der Waals surface area (Å²) in [6.45, 7) is 0.452. The molecule has 0 aliphatic carbocycles. The van der Waals surface area contributed by atoms with E-state index in [0.29, 0.717) is 23.6 Å². The number of aliphatic hydroxyl groups excluding tert-OH is 1. The van der Waals surface area contributed by atoms with Crippen molar-refractivity contribution in [3.63, 3.8) is 0 Å². The maximum Gasteiger partial charge on any atom is 0.336 e. The molecule has 1 saturated heterocycles. The van der Waals surface area contributed by atoms with E-state index in [1.807, 2.05) is 66.7 Å². The lowest BCUT2D eigenvalue weighted by atomic mass is 9.98. The Balaban J connectivity index is 1.38. The van der Waals surface area contributed by atoms with E-state index in [1.165, 1.54) is 11.8 Å². The number of rotatable bonds is 9. The molecule has 1 aliphatic rings. The van der Waals surface area contributed by atoms with Gasteiger partial charge in [-0.05, 0) is 39.9 Å². The van der Waals surface area contributed by atoms with E-state index in [-0.39, 0.29) is 24.4 Å². The van der Waals surface area contributed by atoms with E-state index in [4.69, 9.17) is 15.2 Å². The van der Waals surface area contributed by atoms with Gasteiger partial charge in [-0.25, -0.2) is 4.79 Å². The Kier molecular flexibility index (Phi) is 8.76. The molecule has 0 amide bonds. The first-order valence-corrected chi connectivity index (χ1v) is 13.9. The van der Waals surface area contributed by atoms with Crippen molar-refractivity contribution in [2.24, 2.45) is 5.73 Å². The van der Waals surface area contributed by atoms with Crippen LogP contribution in [-0.4, -0.2) is 28.0 Å². The number of hydrogen-bond acceptors (Lipinski definition) is 6. The molecular formula is C32H31NO5S. The molecule has 1 fully saturated rings. The van der Waals surface area contributed by atoms with Crippen LogP contribution in [0.15, 0.2) is 102 Å². The Bertz CT molecular complexity index is 1410. The molecule has 4 aromatic carbocycles. The number of aliphatic hydroxyl groups is 1. The predicted molar refractivity (Wildman–Crippen MR) is 152 cm³/mol. The number of carbonyl (C=O) groups is 1. The fraction of sp³-hybridized carbons (Fsp3) is 0.219. The number of ether oxygens (including phenoxy) is 2. The zero-order valence-corrected chi connectivity index (χ0v) is 22.2. The molecule has 5 rings (SSSR count). The molecule has 1 aliphatic heterocycles. The van der Waals surface area contributed by atoms with Crippen LogP contribution in [0.5, 0.6) is 0 Å². The van der Waals surface area contributed by atoms with E-state index >= 15 is 0 Å². The molecule has 39 heavy (non-hydrogen) atoms. The first kappa shape index (κ1) is 27.1. The molecule has 0 saturated carbocycles. The van der Waals surface area contributed by atoms with Gasteiger partial charge in [-0.1, -0.05) is 84.9 Å². The molecule has 0 radical (unpaired) electrons. The Labute approximate surface area is 232 Å². The minimum absolute atomic E-state index is 0.0145. The molecule has 0 aromatic heterocycles. The monoisotopic (exact) mass is 541 g/mol. The van der Waals surface area contributed by atoms with Crippen LogP contribution in [-0.2, 0) is 22.6 Å². The van der Waals surface area contributed by atoms with E-state index in [1.54, 1.807) is 12.1 Å². The molecule has 0 bridgehead atoms. The third kappa shape index (κ3) is 6.41. The lowest BCUT2D eigenvalue weighted by Gasteiger charge is -2.36. The minimum Gasteiger partial charge on any atom is -0.478 e. The fourth-order valence-electron chi connectivity index (χ4n) is 4.77. The van der Waals surface area contributed by atoms with E-state index in [0.717, 1.165) is 33.4 Å². The number of carboxylic acid groups (broad SMARTS) is 1. The summed E-state index contributed by atoms with van der Waals surface area (Å²) in [7, 11) is 0. The first-order valence-electron chi connectivity index (χ1n) is 12.9. The molecule has 6 nitrogen and oxygen atoms in total. The van der Waals surface area contributed by atoms with Gasteiger partial charge in [-0.3, -0.25) is 0 Å². The molecule has 200 valence electrons. The molecule has 1 heterocycles. The van der Waals surface area contributed by atoms with Crippen LogP contribution in [0.1, 0.15) is 51.4 Å². The van der Waals surface area contributed by atoms with Crippen molar-refractivity contribution in [1.82, 2.24) is 0 Å². The summed E-state index contributed by atoms with van der Waals surface area (Å²) in [5.41, 5.74) is 12.2. The predicted octanol–water partition coefficient (Wildman–Crippen LogP) is 6.34. The zero-order chi connectivity index (χ0) is 27.2. The van der Waals surface area contributed by atoms with Crippen LogP contribution in [0.4, 0.5) is 0 Å². The highest BCUT2D eigenvalue weighted by molar-refractivity contribution is 7.99. The van der Waals surface area contributed by atoms with Gasteiger partial charge in [-0.2, -0.15) is 0 Å². The molecule has 3 atom stereocenters. The second-order valence-corrected chi connectivity index (χ2v) is 10.5. The summed E-state index contributed by atoms with van der Waals surface area (Å²) >= 11 is 1.48. The second kappa shape index (κ2) is 12.6. The number of hydrogen-bond donors (Lipinski definition) is 3. The van der Waals surface area contributed by atoms with Crippen molar-refractivity contribution in [3.8, 4) is 11.1 Å². The average molecular weight is 542 g/mol. The van der Waals surface area contributed by atoms with E-state index in [9.17, 15) is 15.0 Å². The number of thioether (sulfide) groups is 1. The van der Waals surface area contributed by atoms with Crippen LogP contribution in [0.3, 0.4) is 0 Å². The van der Waals surface area contributed by atoms with Gasteiger partial charge in [0, 0.05) is 29.2 Å². The standard InChI is InChI=1S/C32H31NO5S/c33-18-25-5-1-2-6-27(25)22-13-15-24(16-14-22)32-37-26(20-39-30-8-4-3-7-28(30)31(35)36)17-29(38-32)23-11-9-21(19-34)10-12-23/h1-16,26,29,32,34H,17-20,33H2,(H,35,36)/t26-,29+,32+/m1/s1. The minimum atomic E-state index is -0.943. The Hall–Kier alpha value is -3.46. The molecule has 0 unspecified atom stereocenters. The molecule has 4 N–H and O–H groups in total. The number of benzene rings is 4. The number of nitrogens with two attached hydrogens (primary N) is 1. The van der Waals surface area contributed by atoms with Crippen molar-refractivity contribution in [3.05, 3.63) is 125 Å². The smallest absolute Gasteiger partial charge is 0.336 e. The van der Waals surface area contributed by atoms with Crippen LogP contribution in [0.2, 0.25) is 0 Å². The van der Waals surface area contributed by atoms with Crippen LogP contribution in [0.25, 0.3) is 11.1 Å². The third-order valence-electron chi connectivity index (χ3n) is 6.89. The van der Waals surface area contributed by atoms with Gasteiger partial charge in [0.15, 0.2) is 6.29 Å². The average Bonchev–Trinajstić information content (AvgIpc) is 3.00. The molecule has 0 spiro atoms. The van der Waals surface area contributed by atoms with Crippen LogP contribution in [0, 0.1) is 0 Å². The van der Waals surface area contributed by atoms with Gasteiger partial charge in [0.1, 0.15) is 0 Å². The van der Waals surface area contributed by atoms with Gasteiger partial charge < -0.3 is 25.4 Å². The number of aromatic carboxylic acids is 1. The Morgan fingerprint density at radius 3 is 2.28 bits per heavy atom. The summed E-state index contributed by atoms with van der Waals surface area (Å²) < 4.78 is 12.9. The highest BCUT2D eigenvalue weighted by Crippen LogP contribution is 2.40. The van der Waals surface area contributed by atoms with Crippen molar-refractivity contribution in [2.75, 3.05) is 5.75 Å². The maximum absolute atomic E-state index is 11.7. The summed E-state index contributed by atoms with van der Waals surface area (Å²) in [5.74, 6) is -0.362. The Morgan fingerprint density at radius 2 is 1.56 bits per heavy atom. The lowest BCUT2D eigenvalue weighted by Crippen LogP contribution is -2.31. The molecule has 4 aromatic rings. The van der Waals surface area contributed by atoms with Gasteiger partial charge >= 0.3 is 5.97 Å². The summed E-state index contributed by atoms with van der Waals surface area (Å²) in [5, 5.41) is 19.0. The third-order valence-corrected chi connectivity index (χ3v) is 8.09. The highest BCUT2D eigenvalue weighted by Gasteiger charge is 2.32. The normalized spacial score (nSPS) is 19.1. The van der Waals surface area contributed by atoms with Crippen molar-refractivity contribution >= 4 is 17.7 Å². The summed E-state index contributed by atoms with van der Waals surface area (Å²) in [6, 6.07) is 31.1. The van der Waals surface area contributed by atoms with Crippen molar-refractivity contribution in [2.45, 2.75) is 43.0 Å². The maximum atomic E-state index is 11.7. The van der Waals surface area contributed by atoms with Gasteiger partial charge in [-0.15, -0.1) is 11.8 Å². The molecule has 7 heteroatoms. The van der Waals surface area contributed by atoms with E-state index in [2.05, 4.69) is 18.2 Å².